The number of hydrogen-bond acceptors (Lipinski definition) is 4. The fraction of sp³-hybridized carbons (Fsp3) is 0.333. The van der Waals surface area contributed by atoms with Crippen LogP contribution in [0.15, 0.2) is 60.8 Å². The van der Waals surface area contributed by atoms with Gasteiger partial charge in [0.1, 0.15) is 5.75 Å². The van der Waals surface area contributed by atoms with E-state index in [1.807, 2.05) is 37.4 Å². The summed E-state index contributed by atoms with van der Waals surface area (Å²) in [7, 11) is 0. The second-order valence-electron chi connectivity index (χ2n) is 7.50. The number of H-pyrrole nitrogens is 1. The standard InChI is InChI=1S/C24H29N3O4/c1-2-27(24(29)31-21-8-4-3-5-9-21)16-6-7-18(12-13-23(28)26-30)20-11-10-19-14-15-25-22(19)17-20/h3-5,8-11,14-15,17-18,25,30H,2,6-7,12-13,16H2,1H3,(H,26,28). The molecule has 3 rings (SSSR count). The molecule has 0 saturated heterocycles. The lowest BCUT2D eigenvalue weighted by atomic mass is 9.89. The zero-order chi connectivity index (χ0) is 22.1. The predicted molar refractivity (Wildman–Crippen MR) is 119 cm³/mol. The first-order chi connectivity index (χ1) is 15.1. The summed E-state index contributed by atoms with van der Waals surface area (Å²) < 4.78 is 5.44. The van der Waals surface area contributed by atoms with Crippen LogP contribution in [0.2, 0.25) is 0 Å². The van der Waals surface area contributed by atoms with Crippen molar-refractivity contribution in [1.29, 1.82) is 0 Å². The maximum absolute atomic E-state index is 12.5. The van der Waals surface area contributed by atoms with Gasteiger partial charge in [-0.1, -0.05) is 30.3 Å². The van der Waals surface area contributed by atoms with Gasteiger partial charge in [0.15, 0.2) is 0 Å². The molecule has 164 valence electrons. The molecule has 0 aliphatic heterocycles. The monoisotopic (exact) mass is 423 g/mol. The summed E-state index contributed by atoms with van der Waals surface area (Å²) in [4.78, 5) is 29.0. The maximum atomic E-state index is 12.5. The first kappa shape index (κ1) is 22.4. The SMILES string of the molecule is CCN(CCCC(CCC(=O)NO)c1ccc2cc[nH]c2c1)C(=O)Oc1ccccc1. The van der Waals surface area contributed by atoms with E-state index in [0.717, 1.165) is 29.3 Å². The number of aromatic amines is 1. The molecule has 1 unspecified atom stereocenters. The summed E-state index contributed by atoms with van der Waals surface area (Å²) in [5.74, 6) is 0.263. The molecule has 7 nitrogen and oxygen atoms in total. The van der Waals surface area contributed by atoms with E-state index in [2.05, 4.69) is 23.2 Å². The normalized spacial score (nSPS) is 11.8. The molecule has 7 heteroatoms. The fourth-order valence-corrected chi connectivity index (χ4v) is 3.72. The maximum Gasteiger partial charge on any atom is 0.415 e. The highest BCUT2D eigenvalue weighted by Gasteiger charge is 2.18. The van der Waals surface area contributed by atoms with Crippen LogP contribution in [0.1, 0.15) is 44.1 Å². The molecule has 0 radical (unpaired) electrons. The molecule has 0 saturated carbocycles. The molecule has 1 heterocycles. The van der Waals surface area contributed by atoms with E-state index in [0.29, 0.717) is 25.3 Å². The number of para-hydroxylation sites is 1. The average Bonchev–Trinajstić information content (AvgIpc) is 3.27. The number of rotatable bonds is 10. The Morgan fingerprint density at radius 3 is 2.68 bits per heavy atom. The summed E-state index contributed by atoms with van der Waals surface area (Å²) in [5, 5.41) is 9.97. The number of amides is 2. The third-order valence-corrected chi connectivity index (χ3v) is 5.46. The van der Waals surface area contributed by atoms with Gasteiger partial charge in [0.25, 0.3) is 0 Å². The van der Waals surface area contributed by atoms with Gasteiger partial charge < -0.3 is 14.6 Å². The second-order valence-corrected chi connectivity index (χ2v) is 7.50. The van der Waals surface area contributed by atoms with Crippen LogP contribution in [0.4, 0.5) is 4.79 Å². The lowest BCUT2D eigenvalue weighted by Gasteiger charge is -2.22. The topological polar surface area (TPSA) is 94.7 Å². The van der Waals surface area contributed by atoms with Gasteiger partial charge in [0, 0.05) is 31.2 Å². The molecule has 0 spiro atoms. The van der Waals surface area contributed by atoms with E-state index in [9.17, 15) is 9.59 Å². The van der Waals surface area contributed by atoms with Crippen molar-refractivity contribution in [2.75, 3.05) is 13.1 Å². The van der Waals surface area contributed by atoms with Crippen LogP contribution >= 0.6 is 0 Å². The number of hydroxylamine groups is 1. The van der Waals surface area contributed by atoms with E-state index >= 15 is 0 Å². The van der Waals surface area contributed by atoms with Gasteiger partial charge >= 0.3 is 6.09 Å². The minimum absolute atomic E-state index is 0.133. The van der Waals surface area contributed by atoms with Gasteiger partial charge in [0.2, 0.25) is 5.91 Å². The van der Waals surface area contributed by atoms with Crippen molar-refractivity contribution in [3.05, 3.63) is 66.4 Å². The van der Waals surface area contributed by atoms with E-state index in [-0.39, 0.29) is 18.4 Å². The second kappa shape index (κ2) is 11.2. The van der Waals surface area contributed by atoms with Crippen molar-refractivity contribution in [2.24, 2.45) is 0 Å². The van der Waals surface area contributed by atoms with E-state index in [1.54, 1.807) is 22.5 Å². The molecule has 0 aliphatic rings. The highest BCUT2D eigenvalue weighted by atomic mass is 16.6. The van der Waals surface area contributed by atoms with Gasteiger partial charge in [-0.3, -0.25) is 10.0 Å². The quantitative estimate of drug-likeness (QED) is 0.321. The molecular weight excluding hydrogens is 394 g/mol. The van der Waals surface area contributed by atoms with Crippen molar-refractivity contribution in [1.82, 2.24) is 15.4 Å². The van der Waals surface area contributed by atoms with Gasteiger partial charge in [-0.25, -0.2) is 10.3 Å². The minimum atomic E-state index is -0.396. The highest BCUT2D eigenvalue weighted by Crippen LogP contribution is 2.29. The van der Waals surface area contributed by atoms with Gasteiger partial charge in [-0.05, 0) is 67.3 Å². The Morgan fingerprint density at radius 1 is 1.13 bits per heavy atom. The van der Waals surface area contributed by atoms with Crippen molar-refractivity contribution in [3.63, 3.8) is 0 Å². The molecule has 1 atom stereocenters. The largest absolute Gasteiger partial charge is 0.415 e. The number of benzene rings is 2. The van der Waals surface area contributed by atoms with Crippen LogP contribution in [0.5, 0.6) is 5.75 Å². The van der Waals surface area contributed by atoms with Crippen molar-refractivity contribution in [3.8, 4) is 5.75 Å². The Kier molecular flexibility index (Phi) is 8.06. The summed E-state index contributed by atoms with van der Waals surface area (Å²) in [6.07, 6.45) is 3.96. The van der Waals surface area contributed by atoms with Crippen LogP contribution in [-0.2, 0) is 4.79 Å². The number of ether oxygens (including phenoxy) is 1. The molecular formula is C24H29N3O4. The van der Waals surface area contributed by atoms with Crippen LogP contribution in [-0.4, -0.2) is 40.2 Å². The minimum Gasteiger partial charge on any atom is -0.410 e. The first-order valence-corrected chi connectivity index (χ1v) is 10.6. The molecule has 3 aromatic rings. The molecule has 2 amide bonds. The third kappa shape index (κ3) is 6.33. The smallest absolute Gasteiger partial charge is 0.410 e. The summed E-state index contributed by atoms with van der Waals surface area (Å²) in [6, 6.07) is 17.3. The molecule has 31 heavy (non-hydrogen) atoms. The predicted octanol–water partition coefficient (Wildman–Crippen LogP) is 4.84. The van der Waals surface area contributed by atoms with Gasteiger partial charge in [-0.2, -0.15) is 0 Å². The van der Waals surface area contributed by atoms with Gasteiger partial charge in [-0.15, -0.1) is 0 Å². The Balaban J connectivity index is 1.61. The Labute approximate surface area is 182 Å². The molecule has 3 N–H and O–H groups in total. The summed E-state index contributed by atoms with van der Waals surface area (Å²) in [6.45, 7) is 3.04. The molecule has 0 bridgehead atoms. The van der Waals surface area contributed by atoms with Crippen molar-refractivity contribution >= 4 is 22.9 Å². The first-order valence-electron chi connectivity index (χ1n) is 10.6. The van der Waals surface area contributed by atoms with Gasteiger partial charge in [0.05, 0.1) is 0 Å². The van der Waals surface area contributed by atoms with E-state index < -0.39 is 5.91 Å². The number of nitrogens with zero attached hydrogens (tertiary/aromatic N) is 1. The number of hydrogen-bond donors (Lipinski definition) is 3. The lowest BCUT2D eigenvalue weighted by Crippen LogP contribution is -2.34. The van der Waals surface area contributed by atoms with E-state index in [1.165, 1.54) is 0 Å². The van der Waals surface area contributed by atoms with Crippen LogP contribution in [0.25, 0.3) is 10.9 Å². The zero-order valence-electron chi connectivity index (χ0n) is 17.7. The lowest BCUT2D eigenvalue weighted by molar-refractivity contribution is -0.129. The zero-order valence-corrected chi connectivity index (χ0v) is 17.7. The number of fused-ring (bicyclic) bond motifs is 1. The van der Waals surface area contributed by atoms with E-state index in [4.69, 9.17) is 9.94 Å². The number of carbonyl (C=O) groups excluding carboxylic acids is 2. The number of nitrogens with one attached hydrogen (secondary N) is 2. The van der Waals surface area contributed by atoms with Crippen molar-refractivity contribution < 1.29 is 19.5 Å². The Morgan fingerprint density at radius 2 is 1.94 bits per heavy atom. The van der Waals surface area contributed by atoms with Crippen molar-refractivity contribution in [2.45, 2.75) is 38.5 Å². The molecule has 0 aliphatic carbocycles. The molecule has 2 aromatic carbocycles. The summed E-state index contributed by atoms with van der Waals surface area (Å²) >= 11 is 0. The van der Waals surface area contributed by atoms with Crippen LogP contribution in [0.3, 0.4) is 0 Å². The number of aromatic nitrogens is 1. The average molecular weight is 424 g/mol. The van der Waals surface area contributed by atoms with Crippen LogP contribution in [0, 0.1) is 0 Å². The molecule has 1 aromatic heterocycles. The molecule has 0 fully saturated rings. The number of carbonyl (C=O) groups is 2. The van der Waals surface area contributed by atoms with Crippen LogP contribution < -0.4 is 10.2 Å². The highest BCUT2D eigenvalue weighted by molar-refractivity contribution is 5.80. The Hall–Kier alpha value is -3.32. The Bertz CT molecular complexity index is 987. The summed E-state index contributed by atoms with van der Waals surface area (Å²) in [5.41, 5.74) is 3.89. The third-order valence-electron chi connectivity index (χ3n) is 5.46. The fourth-order valence-electron chi connectivity index (χ4n) is 3.72.